The number of amides is 1. The molecule has 1 fully saturated rings. The molecule has 0 bridgehead atoms. The number of hydrogen-bond acceptors (Lipinski definition) is 10. The quantitative estimate of drug-likeness (QED) is 0.356. The Hall–Kier alpha value is -3.67. The maximum absolute atomic E-state index is 12.0. The summed E-state index contributed by atoms with van der Waals surface area (Å²) in [6, 6.07) is 0. The van der Waals surface area contributed by atoms with E-state index in [-0.39, 0.29) is 42.3 Å². The van der Waals surface area contributed by atoms with Gasteiger partial charge in [0.2, 0.25) is 17.7 Å². The maximum Gasteiger partial charge on any atom is 0.243 e. The summed E-state index contributed by atoms with van der Waals surface area (Å²) in [6.07, 6.45) is 3.06. The molecule has 0 unspecified atom stereocenters. The largest absolute Gasteiger partial charge is 0.419 e. The molecule has 0 saturated carbocycles. The summed E-state index contributed by atoms with van der Waals surface area (Å²) >= 11 is 0. The lowest BCUT2D eigenvalue weighted by Gasteiger charge is -2.30. The number of likely N-dealkylation sites (tertiary alicyclic amines) is 1. The van der Waals surface area contributed by atoms with Crippen molar-refractivity contribution < 1.29 is 14.6 Å². The van der Waals surface area contributed by atoms with E-state index in [2.05, 4.69) is 21.6 Å². The van der Waals surface area contributed by atoms with Crippen LogP contribution < -0.4 is 5.73 Å². The van der Waals surface area contributed by atoms with E-state index in [9.17, 15) is 4.79 Å². The van der Waals surface area contributed by atoms with Gasteiger partial charge in [0.1, 0.15) is 5.69 Å². The summed E-state index contributed by atoms with van der Waals surface area (Å²) in [5.41, 5.74) is 6.64. The van der Waals surface area contributed by atoms with Crippen LogP contribution in [0.15, 0.2) is 18.3 Å². The van der Waals surface area contributed by atoms with E-state index in [1.165, 1.54) is 6.20 Å². The van der Waals surface area contributed by atoms with Gasteiger partial charge in [-0.05, 0) is 26.7 Å². The van der Waals surface area contributed by atoms with Crippen LogP contribution in [0.2, 0.25) is 0 Å². The lowest BCUT2D eigenvalue weighted by molar-refractivity contribution is -0.132. The van der Waals surface area contributed by atoms with Gasteiger partial charge in [0.05, 0.1) is 12.8 Å². The fourth-order valence-corrected chi connectivity index (χ4v) is 3.49. The number of nitrogen functional groups attached to an aromatic ring is 1. The number of hydrogen-bond donors (Lipinski definition) is 4. The molecule has 1 amide bonds. The number of aromatic nitrogens is 5. The van der Waals surface area contributed by atoms with Crippen LogP contribution in [-0.2, 0) is 16.1 Å². The van der Waals surface area contributed by atoms with Crippen LogP contribution in [0, 0.1) is 10.8 Å². The van der Waals surface area contributed by atoms with E-state index >= 15 is 0 Å². The lowest BCUT2D eigenvalue weighted by Crippen LogP contribution is -2.38. The van der Waals surface area contributed by atoms with E-state index in [0.29, 0.717) is 42.6 Å². The average molecular weight is 456 g/mol. The molecule has 0 aromatic carbocycles. The zero-order chi connectivity index (χ0) is 24.1. The molecule has 0 atom stereocenters. The molecular weight excluding hydrogens is 426 g/mol. The van der Waals surface area contributed by atoms with Gasteiger partial charge in [0, 0.05) is 37.5 Å². The van der Waals surface area contributed by atoms with Crippen molar-refractivity contribution >= 4 is 23.5 Å². The molecule has 3 heterocycles. The Morgan fingerprint density at radius 1 is 1.33 bits per heavy atom. The smallest absolute Gasteiger partial charge is 0.243 e. The number of piperidine rings is 1. The fraction of sp³-hybridized carbons (Fsp3) is 0.476. The molecule has 12 heteroatoms. The van der Waals surface area contributed by atoms with Crippen molar-refractivity contribution in [2.45, 2.75) is 45.6 Å². The highest BCUT2D eigenvalue weighted by atomic mass is 16.5. The normalized spacial score (nSPS) is 14.2. The van der Waals surface area contributed by atoms with Gasteiger partial charge in [0.15, 0.2) is 23.2 Å². The molecule has 176 valence electrons. The van der Waals surface area contributed by atoms with Crippen LogP contribution in [0.3, 0.4) is 0 Å². The van der Waals surface area contributed by atoms with Gasteiger partial charge in [-0.1, -0.05) is 6.58 Å². The van der Waals surface area contributed by atoms with Crippen LogP contribution in [-0.4, -0.2) is 72.1 Å². The molecule has 0 radical (unpaired) electrons. The van der Waals surface area contributed by atoms with E-state index < -0.39 is 5.90 Å². The molecule has 2 aromatic rings. The van der Waals surface area contributed by atoms with Crippen LogP contribution in [0.4, 0.5) is 5.82 Å². The molecule has 2 aromatic heterocycles. The van der Waals surface area contributed by atoms with Crippen LogP contribution in [0.25, 0.3) is 11.5 Å². The van der Waals surface area contributed by atoms with E-state index in [1.807, 2.05) is 6.92 Å². The topological polar surface area (TPSA) is 180 Å². The first kappa shape index (κ1) is 24.0. The number of rotatable bonds is 7. The number of ether oxygens (including phenoxy) is 1. The number of aliphatic hydroxyl groups is 1. The average Bonchev–Trinajstić information content (AvgIpc) is 3.24. The molecule has 3 rings (SSSR count). The van der Waals surface area contributed by atoms with Gasteiger partial charge in [0.25, 0.3) is 0 Å². The van der Waals surface area contributed by atoms with Gasteiger partial charge in [-0.15, -0.1) is 0 Å². The van der Waals surface area contributed by atoms with E-state index in [4.69, 9.17) is 31.4 Å². The van der Waals surface area contributed by atoms with Crippen molar-refractivity contribution in [3.63, 3.8) is 0 Å². The highest BCUT2D eigenvalue weighted by molar-refractivity contribution is 6.05. The van der Waals surface area contributed by atoms with Crippen LogP contribution in [0.1, 0.15) is 50.5 Å². The molecule has 33 heavy (non-hydrogen) atoms. The van der Waals surface area contributed by atoms with Gasteiger partial charge in [-0.3, -0.25) is 15.6 Å². The minimum Gasteiger partial charge on any atom is -0.419 e. The number of nitrogens with two attached hydrogens (primary N) is 1. The number of aliphatic hydroxyl groups excluding tert-OH is 1. The Labute approximate surface area is 191 Å². The number of nitrogens with one attached hydrogen (secondary N) is 2. The number of anilines is 1. The first-order chi connectivity index (χ1) is 15.7. The summed E-state index contributed by atoms with van der Waals surface area (Å²) in [7, 11) is 0. The molecule has 1 saturated heterocycles. The summed E-state index contributed by atoms with van der Waals surface area (Å²) in [5.74, 6) is 0.541. The Kier molecular flexibility index (Phi) is 7.48. The van der Waals surface area contributed by atoms with Crippen molar-refractivity contribution in [3.8, 4) is 11.5 Å². The first-order valence-corrected chi connectivity index (χ1v) is 10.7. The Morgan fingerprint density at radius 2 is 2.03 bits per heavy atom. The minimum atomic E-state index is -0.405. The monoisotopic (exact) mass is 455 g/mol. The van der Waals surface area contributed by atoms with Crippen molar-refractivity contribution in [2.75, 3.05) is 25.4 Å². The predicted molar refractivity (Wildman–Crippen MR) is 122 cm³/mol. The highest BCUT2D eigenvalue weighted by Crippen LogP contribution is 2.28. The van der Waals surface area contributed by atoms with Gasteiger partial charge in [-0.25, -0.2) is 19.6 Å². The van der Waals surface area contributed by atoms with Crippen LogP contribution >= 0.6 is 0 Å². The number of carbonyl (C=O) groups excluding carboxylic acids is 1. The third-order valence-corrected chi connectivity index (χ3v) is 5.36. The summed E-state index contributed by atoms with van der Waals surface area (Å²) < 4.78 is 6.88. The van der Waals surface area contributed by atoms with Crippen molar-refractivity contribution in [1.82, 2.24) is 29.6 Å². The standard InChI is InChI=1S/C21H29N9O3/c1-4-30-21(14-11-25-17(22)16(26-14)19(24)33-18(23)12(2)3)27-20(28-30)13-5-8-29(9-6-13)15(32)7-10-31/h11,13,23-24,31H,2,4-10H2,1,3H3,(H2,22,25). The molecule has 12 nitrogen and oxygen atoms in total. The molecule has 0 aliphatic carbocycles. The fourth-order valence-electron chi connectivity index (χ4n) is 3.49. The molecule has 0 spiro atoms. The number of nitrogens with zero attached hydrogens (tertiary/aromatic N) is 6. The second-order valence-corrected chi connectivity index (χ2v) is 7.77. The van der Waals surface area contributed by atoms with Crippen molar-refractivity contribution in [1.29, 1.82) is 10.8 Å². The molecular formula is C21H29N9O3. The van der Waals surface area contributed by atoms with Crippen LogP contribution in [0.5, 0.6) is 0 Å². The van der Waals surface area contributed by atoms with E-state index in [0.717, 1.165) is 12.8 Å². The second kappa shape index (κ2) is 10.3. The molecule has 5 N–H and O–H groups in total. The third kappa shape index (κ3) is 5.40. The summed E-state index contributed by atoms with van der Waals surface area (Å²) in [6.45, 7) is 8.73. The lowest BCUT2D eigenvalue weighted by atomic mass is 9.96. The van der Waals surface area contributed by atoms with Crippen molar-refractivity contribution in [3.05, 3.63) is 29.9 Å². The zero-order valence-corrected chi connectivity index (χ0v) is 18.8. The Balaban J connectivity index is 1.82. The summed E-state index contributed by atoms with van der Waals surface area (Å²) in [4.78, 5) is 27.0. The zero-order valence-electron chi connectivity index (χ0n) is 18.8. The van der Waals surface area contributed by atoms with Gasteiger partial charge < -0.3 is 20.5 Å². The summed E-state index contributed by atoms with van der Waals surface area (Å²) in [5, 5.41) is 29.5. The Bertz CT molecular complexity index is 1070. The van der Waals surface area contributed by atoms with E-state index in [1.54, 1.807) is 16.5 Å². The van der Waals surface area contributed by atoms with Gasteiger partial charge >= 0.3 is 0 Å². The third-order valence-electron chi connectivity index (χ3n) is 5.36. The highest BCUT2D eigenvalue weighted by Gasteiger charge is 2.27. The van der Waals surface area contributed by atoms with Crippen molar-refractivity contribution in [2.24, 2.45) is 0 Å². The van der Waals surface area contributed by atoms with Gasteiger partial charge in [-0.2, -0.15) is 5.10 Å². The number of aryl methyl sites for hydroxylation is 1. The second-order valence-electron chi connectivity index (χ2n) is 7.77. The number of carbonyl (C=O) groups is 1. The maximum atomic E-state index is 12.0. The predicted octanol–water partition coefficient (Wildman–Crippen LogP) is 1.32. The SMILES string of the molecule is C=C(C)C(=N)OC(=N)c1nc(-c2nc(C3CCN(C(=O)CCO)CC3)nn2CC)cnc1N. The Morgan fingerprint density at radius 3 is 2.64 bits per heavy atom. The minimum absolute atomic E-state index is 0.000899. The molecule has 1 aliphatic rings. The molecule has 1 aliphatic heterocycles. The first-order valence-electron chi connectivity index (χ1n) is 10.7.